The van der Waals surface area contributed by atoms with E-state index < -0.39 is 6.09 Å². The molecule has 1 atom stereocenters. The third kappa shape index (κ3) is 2.66. The van der Waals surface area contributed by atoms with E-state index in [1.807, 2.05) is 12.1 Å². The summed E-state index contributed by atoms with van der Waals surface area (Å²) < 4.78 is 0. The van der Waals surface area contributed by atoms with E-state index in [1.54, 1.807) is 0 Å². The molecular weight excluding hydrogens is 252 g/mol. The van der Waals surface area contributed by atoms with Crippen LogP contribution < -0.4 is 5.11 Å². The van der Waals surface area contributed by atoms with Gasteiger partial charge in [0, 0.05) is 13.1 Å². The molecule has 0 radical (unpaired) electrons. The van der Waals surface area contributed by atoms with Crippen LogP contribution in [0, 0.1) is 0 Å². The number of carbonyl (C=O) groups is 1. The lowest BCUT2D eigenvalue weighted by molar-refractivity contribution is -0.269. The van der Waals surface area contributed by atoms with Gasteiger partial charge in [0.25, 0.3) is 0 Å². The molecule has 1 aromatic rings. The van der Waals surface area contributed by atoms with E-state index in [1.165, 1.54) is 29.7 Å². The first-order valence-electron chi connectivity index (χ1n) is 7.53. The molecule has 2 aliphatic rings. The number of hydrogen-bond acceptors (Lipinski definition) is 3. The standard InChI is InChI=1S/C16H22N2O2/c19-16(20)18-11-8-13-6-2-3-7-14(13)15(18)12-17-9-4-1-5-10-17/h2-3,6-7,15H,1,4-5,8-12H2,(H,19,20)/p-1. The third-order valence-corrected chi connectivity index (χ3v) is 4.53. The quantitative estimate of drug-likeness (QED) is 0.818. The lowest BCUT2D eigenvalue weighted by Crippen LogP contribution is -2.50. The molecular formula is C16H21N2O2-. The topological polar surface area (TPSA) is 46.6 Å². The van der Waals surface area contributed by atoms with Crippen molar-refractivity contribution in [1.29, 1.82) is 0 Å². The Kier molecular flexibility index (Phi) is 3.92. The number of hydrogen-bond donors (Lipinski definition) is 0. The van der Waals surface area contributed by atoms with E-state index in [0.29, 0.717) is 6.54 Å². The fraction of sp³-hybridized carbons (Fsp3) is 0.562. The van der Waals surface area contributed by atoms with Gasteiger partial charge in [-0.25, -0.2) is 0 Å². The number of benzene rings is 1. The minimum Gasteiger partial charge on any atom is -0.530 e. The lowest BCUT2D eigenvalue weighted by Gasteiger charge is -2.42. The lowest BCUT2D eigenvalue weighted by atomic mass is 9.92. The zero-order valence-corrected chi connectivity index (χ0v) is 11.8. The number of carboxylic acid groups (broad SMARTS) is 1. The van der Waals surface area contributed by atoms with Crippen molar-refractivity contribution in [3.63, 3.8) is 0 Å². The van der Waals surface area contributed by atoms with Crippen molar-refractivity contribution < 1.29 is 9.90 Å². The van der Waals surface area contributed by atoms with Crippen LogP contribution >= 0.6 is 0 Å². The van der Waals surface area contributed by atoms with Crippen molar-refractivity contribution in [3.05, 3.63) is 35.4 Å². The number of nitrogens with zero attached hydrogens (tertiary/aromatic N) is 2. The minimum atomic E-state index is -1.04. The van der Waals surface area contributed by atoms with Gasteiger partial charge in [-0.3, -0.25) is 0 Å². The van der Waals surface area contributed by atoms with Crippen molar-refractivity contribution in [2.45, 2.75) is 31.7 Å². The molecule has 20 heavy (non-hydrogen) atoms. The Morgan fingerprint density at radius 2 is 1.90 bits per heavy atom. The van der Waals surface area contributed by atoms with Crippen LogP contribution in [-0.2, 0) is 6.42 Å². The van der Waals surface area contributed by atoms with Gasteiger partial charge in [0.1, 0.15) is 6.09 Å². The SMILES string of the molecule is O=C([O-])N1CCc2ccccc2C1CN1CCCCC1. The van der Waals surface area contributed by atoms with E-state index in [9.17, 15) is 9.90 Å². The van der Waals surface area contributed by atoms with Crippen LogP contribution in [0.4, 0.5) is 4.79 Å². The van der Waals surface area contributed by atoms with Crippen molar-refractivity contribution in [2.24, 2.45) is 0 Å². The summed E-state index contributed by atoms with van der Waals surface area (Å²) >= 11 is 0. The van der Waals surface area contributed by atoms with E-state index in [4.69, 9.17) is 0 Å². The maximum absolute atomic E-state index is 11.4. The molecule has 1 fully saturated rings. The zero-order valence-electron chi connectivity index (χ0n) is 11.8. The van der Waals surface area contributed by atoms with Gasteiger partial charge in [-0.2, -0.15) is 0 Å². The summed E-state index contributed by atoms with van der Waals surface area (Å²) in [6.45, 7) is 3.52. The summed E-state index contributed by atoms with van der Waals surface area (Å²) in [6, 6.07) is 8.15. The molecule has 0 aliphatic carbocycles. The van der Waals surface area contributed by atoms with Gasteiger partial charge in [0.05, 0.1) is 6.04 Å². The van der Waals surface area contributed by atoms with E-state index >= 15 is 0 Å². The number of rotatable bonds is 2. The number of fused-ring (bicyclic) bond motifs is 1. The van der Waals surface area contributed by atoms with Gasteiger partial charge < -0.3 is 19.7 Å². The maximum atomic E-state index is 11.4. The maximum Gasteiger partial charge on any atom is 0.137 e. The molecule has 4 nitrogen and oxygen atoms in total. The van der Waals surface area contributed by atoms with Crippen LogP contribution in [0.25, 0.3) is 0 Å². The minimum absolute atomic E-state index is 0.0666. The van der Waals surface area contributed by atoms with Gasteiger partial charge in [-0.05, 0) is 43.5 Å². The number of piperidine rings is 1. The highest BCUT2D eigenvalue weighted by Crippen LogP contribution is 2.30. The summed E-state index contributed by atoms with van der Waals surface area (Å²) in [5.41, 5.74) is 2.44. The molecule has 1 aromatic carbocycles. The molecule has 3 rings (SSSR count). The Morgan fingerprint density at radius 3 is 2.65 bits per heavy atom. The van der Waals surface area contributed by atoms with Crippen molar-refractivity contribution in [1.82, 2.24) is 9.80 Å². The second-order valence-electron chi connectivity index (χ2n) is 5.79. The molecule has 108 valence electrons. The highest BCUT2D eigenvalue weighted by molar-refractivity contribution is 5.64. The van der Waals surface area contributed by atoms with Crippen molar-refractivity contribution in [3.8, 4) is 0 Å². The molecule has 1 saturated heterocycles. The fourth-order valence-corrected chi connectivity index (χ4v) is 3.45. The predicted molar refractivity (Wildman–Crippen MR) is 75.3 cm³/mol. The van der Waals surface area contributed by atoms with Crippen molar-refractivity contribution in [2.75, 3.05) is 26.2 Å². The van der Waals surface area contributed by atoms with Gasteiger partial charge in [-0.15, -0.1) is 0 Å². The molecule has 0 bridgehead atoms. The van der Waals surface area contributed by atoms with Gasteiger partial charge in [0.15, 0.2) is 0 Å². The number of carbonyl (C=O) groups excluding carboxylic acids is 1. The Morgan fingerprint density at radius 1 is 1.15 bits per heavy atom. The van der Waals surface area contributed by atoms with Gasteiger partial charge in [-0.1, -0.05) is 30.7 Å². The molecule has 0 N–H and O–H groups in total. The largest absolute Gasteiger partial charge is 0.530 e. The van der Waals surface area contributed by atoms with E-state index in [-0.39, 0.29) is 6.04 Å². The summed E-state index contributed by atoms with van der Waals surface area (Å²) in [5, 5.41) is 11.4. The van der Waals surface area contributed by atoms with Crippen LogP contribution in [0.15, 0.2) is 24.3 Å². The summed E-state index contributed by atoms with van der Waals surface area (Å²) in [7, 11) is 0. The number of likely N-dealkylation sites (tertiary alicyclic amines) is 1. The highest BCUT2D eigenvalue weighted by Gasteiger charge is 2.29. The normalized spacial score (nSPS) is 23.4. The van der Waals surface area contributed by atoms with Crippen LogP contribution in [0.5, 0.6) is 0 Å². The summed E-state index contributed by atoms with van der Waals surface area (Å²) in [4.78, 5) is 15.3. The Balaban J connectivity index is 1.84. The average molecular weight is 273 g/mol. The summed E-state index contributed by atoms with van der Waals surface area (Å²) in [5.74, 6) is 0. The molecule has 2 aliphatic heterocycles. The van der Waals surface area contributed by atoms with Crippen LogP contribution in [-0.4, -0.2) is 42.1 Å². The first kappa shape index (κ1) is 13.4. The Bertz CT molecular complexity index is 483. The van der Waals surface area contributed by atoms with Gasteiger partial charge >= 0.3 is 0 Å². The van der Waals surface area contributed by atoms with Crippen LogP contribution in [0.3, 0.4) is 0 Å². The zero-order chi connectivity index (χ0) is 13.9. The molecule has 4 heteroatoms. The Hall–Kier alpha value is -1.55. The molecule has 2 heterocycles. The van der Waals surface area contributed by atoms with Crippen LogP contribution in [0.2, 0.25) is 0 Å². The third-order valence-electron chi connectivity index (χ3n) is 4.53. The molecule has 1 amide bonds. The second-order valence-corrected chi connectivity index (χ2v) is 5.79. The Labute approximate surface area is 120 Å². The molecule has 1 unspecified atom stereocenters. The summed E-state index contributed by atoms with van der Waals surface area (Å²) in [6.07, 6.45) is 3.49. The highest BCUT2D eigenvalue weighted by atomic mass is 16.4. The second kappa shape index (κ2) is 5.83. The smallest absolute Gasteiger partial charge is 0.137 e. The first-order valence-corrected chi connectivity index (χ1v) is 7.53. The van der Waals surface area contributed by atoms with E-state index in [2.05, 4.69) is 17.0 Å². The monoisotopic (exact) mass is 273 g/mol. The van der Waals surface area contributed by atoms with Crippen LogP contribution in [0.1, 0.15) is 36.4 Å². The average Bonchev–Trinajstić information content (AvgIpc) is 2.48. The fourth-order valence-electron chi connectivity index (χ4n) is 3.45. The van der Waals surface area contributed by atoms with Gasteiger partial charge in [0.2, 0.25) is 0 Å². The molecule has 0 saturated carbocycles. The molecule has 0 spiro atoms. The van der Waals surface area contributed by atoms with Crippen molar-refractivity contribution >= 4 is 6.09 Å². The first-order chi connectivity index (χ1) is 9.75. The van der Waals surface area contributed by atoms with E-state index in [0.717, 1.165) is 31.6 Å². The number of amides is 1. The predicted octanol–water partition coefficient (Wildman–Crippen LogP) is 1.41. The molecule has 0 aromatic heterocycles.